The summed E-state index contributed by atoms with van der Waals surface area (Å²) in [6.07, 6.45) is 1.88. The van der Waals surface area contributed by atoms with Crippen molar-refractivity contribution in [1.82, 2.24) is 0 Å². The minimum atomic E-state index is 1.10. The van der Waals surface area contributed by atoms with E-state index in [2.05, 4.69) is 49.2 Å². The molecule has 3 heteroatoms. The Hall–Kier alpha value is -2.29. The molecule has 0 aliphatic rings. The Kier molecular flexibility index (Phi) is 4.41. The fraction of sp³-hybridized carbons (Fsp3) is 0.235. The second-order valence-electron chi connectivity index (χ2n) is 4.99. The summed E-state index contributed by atoms with van der Waals surface area (Å²) in [5.74, 6) is 0. The highest BCUT2D eigenvalue weighted by molar-refractivity contribution is 5.80. The van der Waals surface area contributed by atoms with E-state index in [4.69, 9.17) is 0 Å². The van der Waals surface area contributed by atoms with Gasteiger partial charge in [-0.2, -0.15) is 5.10 Å². The van der Waals surface area contributed by atoms with E-state index < -0.39 is 0 Å². The molecule has 0 unspecified atom stereocenters. The molecule has 0 aliphatic heterocycles. The van der Waals surface area contributed by atoms with Crippen LogP contribution in [-0.4, -0.2) is 27.4 Å². The molecule has 0 heterocycles. The van der Waals surface area contributed by atoms with Crippen LogP contribution < -0.4 is 9.91 Å². The SMILES string of the molecule is Cc1c(N(C)C)cccc1N(C)N=Cc1ccccc1. The van der Waals surface area contributed by atoms with Crippen LogP contribution in [0.5, 0.6) is 0 Å². The van der Waals surface area contributed by atoms with Crippen molar-refractivity contribution in [1.29, 1.82) is 0 Å². The normalized spacial score (nSPS) is 10.8. The van der Waals surface area contributed by atoms with Crippen LogP contribution in [0.25, 0.3) is 0 Å². The molecular weight excluding hydrogens is 246 g/mol. The Morgan fingerprint density at radius 1 is 0.850 bits per heavy atom. The van der Waals surface area contributed by atoms with Gasteiger partial charge in [0, 0.05) is 26.8 Å². The van der Waals surface area contributed by atoms with Gasteiger partial charge in [0.15, 0.2) is 0 Å². The zero-order chi connectivity index (χ0) is 14.5. The molecule has 0 atom stereocenters. The molecular formula is C17H21N3. The number of rotatable bonds is 4. The van der Waals surface area contributed by atoms with Gasteiger partial charge >= 0.3 is 0 Å². The van der Waals surface area contributed by atoms with Crippen molar-refractivity contribution in [3.63, 3.8) is 0 Å². The molecule has 0 aliphatic carbocycles. The highest BCUT2D eigenvalue weighted by Gasteiger charge is 2.08. The van der Waals surface area contributed by atoms with Gasteiger partial charge in [0.2, 0.25) is 0 Å². The van der Waals surface area contributed by atoms with Gasteiger partial charge < -0.3 is 4.90 Å². The second-order valence-corrected chi connectivity index (χ2v) is 4.99. The molecule has 2 aromatic rings. The summed E-state index contributed by atoms with van der Waals surface area (Å²) in [5, 5.41) is 6.43. The topological polar surface area (TPSA) is 18.8 Å². The van der Waals surface area contributed by atoms with Gasteiger partial charge in [-0.3, -0.25) is 5.01 Å². The molecule has 0 saturated carbocycles. The molecule has 2 aromatic carbocycles. The van der Waals surface area contributed by atoms with Gasteiger partial charge in [0.1, 0.15) is 0 Å². The Morgan fingerprint density at radius 2 is 1.50 bits per heavy atom. The minimum absolute atomic E-state index is 1.10. The van der Waals surface area contributed by atoms with Gasteiger partial charge in [-0.25, -0.2) is 0 Å². The zero-order valence-electron chi connectivity index (χ0n) is 12.5. The Balaban J connectivity index is 2.24. The lowest BCUT2D eigenvalue weighted by Crippen LogP contribution is -2.15. The van der Waals surface area contributed by atoms with Gasteiger partial charge in [0.25, 0.3) is 0 Å². The number of nitrogens with zero attached hydrogens (tertiary/aromatic N) is 3. The first-order valence-electron chi connectivity index (χ1n) is 6.69. The summed E-state index contributed by atoms with van der Waals surface area (Å²) in [6, 6.07) is 16.4. The fourth-order valence-electron chi connectivity index (χ4n) is 2.20. The minimum Gasteiger partial charge on any atom is -0.377 e. The van der Waals surface area contributed by atoms with Gasteiger partial charge in [0.05, 0.1) is 11.9 Å². The van der Waals surface area contributed by atoms with Gasteiger partial charge in [-0.15, -0.1) is 0 Å². The summed E-state index contributed by atoms with van der Waals surface area (Å²) in [5.41, 5.74) is 4.65. The van der Waals surface area contributed by atoms with Crippen molar-refractivity contribution in [2.45, 2.75) is 6.92 Å². The zero-order valence-corrected chi connectivity index (χ0v) is 12.5. The average molecular weight is 267 g/mol. The number of hydrogen-bond acceptors (Lipinski definition) is 3. The maximum atomic E-state index is 4.52. The van der Waals surface area contributed by atoms with E-state index in [0.717, 1.165) is 11.3 Å². The van der Waals surface area contributed by atoms with Crippen molar-refractivity contribution in [2.24, 2.45) is 5.10 Å². The molecule has 0 aromatic heterocycles. The van der Waals surface area contributed by atoms with Crippen LogP contribution in [0.4, 0.5) is 11.4 Å². The summed E-state index contributed by atoms with van der Waals surface area (Å²) in [4.78, 5) is 2.12. The number of hydrazone groups is 1. The smallest absolute Gasteiger partial charge is 0.0640 e. The fourth-order valence-corrected chi connectivity index (χ4v) is 2.20. The standard InChI is InChI=1S/C17H21N3/c1-14-16(19(2)3)11-8-12-17(14)20(4)18-13-15-9-6-5-7-10-15/h5-13H,1-4H3. The molecule has 3 nitrogen and oxygen atoms in total. The van der Waals surface area contributed by atoms with E-state index in [1.165, 1.54) is 11.3 Å². The molecule has 0 fully saturated rings. The van der Waals surface area contributed by atoms with E-state index in [0.29, 0.717) is 0 Å². The van der Waals surface area contributed by atoms with Crippen molar-refractivity contribution in [2.75, 3.05) is 31.1 Å². The first kappa shape index (κ1) is 14.1. The number of benzene rings is 2. The van der Waals surface area contributed by atoms with Crippen LogP contribution in [0, 0.1) is 6.92 Å². The van der Waals surface area contributed by atoms with Crippen LogP contribution in [0.3, 0.4) is 0 Å². The van der Waals surface area contributed by atoms with E-state index >= 15 is 0 Å². The van der Waals surface area contributed by atoms with E-state index in [9.17, 15) is 0 Å². The van der Waals surface area contributed by atoms with E-state index in [1.54, 1.807) is 0 Å². The van der Waals surface area contributed by atoms with Crippen molar-refractivity contribution < 1.29 is 0 Å². The lowest BCUT2D eigenvalue weighted by Gasteiger charge is -2.21. The van der Waals surface area contributed by atoms with Crippen LogP contribution in [0.15, 0.2) is 53.6 Å². The molecule has 104 valence electrons. The van der Waals surface area contributed by atoms with Crippen LogP contribution in [0.1, 0.15) is 11.1 Å². The summed E-state index contributed by atoms with van der Waals surface area (Å²) >= 11 is 0. The van der Waals surface area contributed by atoms with Crippen LogP contribution in [-0.2, 0) is 0 Å². The molecule has 0 radical (unpaired) electrons. The maximum absolute atomic E-state index is 4.52. The molecule has 2 rings (SSSR count). The van der Waals surface area contributed by atoms with E-state index in [1.807, 2.05) is 48.6 Å². The maximum Gasteiger partial charge on any atom is 0.0640 e. The monoisotopic (exact) mass is 267 g/mol. The Morgan fingerprint density at radius 3 is 2.15 bits per heavy atom. The predicted molar refractivity (Wildman–Crippen MR) is 87.9 cm³/mol. The molecule has 0 bridgehead atoms. The average Bonchev–Trinajstić information content (AvgIpc) is 2.46. The van der Waals surface area contributed by atoms with Gasteiger partial charge in [-0.1, -0.05) is 36.4 Å². The van der Waals surface area contributed by atoms with Crippen molar-refractivity contribution in [3.05, 3.63) is 59.7 Å². The molecule has 0 spiro atoms. The quantitative estimate of drug-likeness (QED) is 0.623. The summed E-state index contributed by atoms with van der Waals surface area (Å²) < 4.78 is 0. The third kappa shape index (κ3) is 3.18. The van der Waals surface area contributed by atoms with Crippen LogP contribution >= 0.6 is 0 Å². The molecule has 0 saturated heterocycles. The number of hydrogen-bond donors (Lipinski definition) is 0. The van der Waals surface area contributed by atoms with Crippen molar-refractivity contribution >= 4 is 17.6 Å². The third-order valence-electron chi connectivity index (χ3n) is 3.29. The van der Waals surface area contributed by atoms with Gasteiger partial charge in [-0.05, 0) is 30.2 Å². The van der Waals surface area contributed by atoms with Crippen molar-refractivity contribution in [3.8, 4) is 0 Å². The largest absolute Gasteiger partial charge is 0.377 e. The second kappa shape index (κ2) is 6.24. The molecule has 0 amide bonds. The number of anilines is 2. The summed E-state index contributed by atoms with van der Waals surface area (Å²) in [7, 11) is 6.08. The lowest BCUT2D eigenvalue weighted by atomic mass is 10.1. The highest BCUT2D eigenvalue weighted by atomic mass is 15.4. The first-order valence-corrected chi connectivity index (χ1v) is 6.69. The summed E-state index contributed by atoms with van der Waals surface area (Å²) in [6.45, 7) is 2.12. The molecule has 20 heavy (non-hydrogen) atoms. The van der Waals surface area contributed by atoms with Crippen LogP contribution in [0.2, 0.25) is 0 Å². The highest BCUT2D eigenvalue weighted by Crippen LogP contribution is 2.27. The first-order chi connectivity index (χ1) is 9.59. The lowest BCUT2D eigenvalue weighted by molar-refractivity contribution is 1.01. The predicted octanol–water partition coefficient (Wildman–Crippen LogP) is 3.53. The Bertz CT molecular complexity index is 588. The molecule has 0 N–H and O–H groups in total. The van der Waals surface area contributed by atoms with E-state index in [-0.39, 0.29) is 0 Å². The third-order valence-corrected chi connectivity index (χ3v) is 3.29. The Labute approximate surface area is 121 Å².